The van der Waals surface area contributed by atoms with E-state index in [2.05, 4.69) is 19.1 Å². The first kappa shape index (κ1) is 13.0. The Hall–Kier alpha value is -1.09. The summed E-state index contributed by atoms with van der Waals surface area (Å²) in [5.74, 6) is 0.955. The highest BCUT2D eigenvalue weighted by atomic mass is 32.1. The van der Waals surface area contributed by atoms with E-state index in [1.807, 2.05) is 13.0 Å². The molecule has 0 atom stereocenters. The fourth-order valence-corrected chi connectivity index (χ4v) is 1.70. The van der Waals surface area contributed by atoms with Gasteiger partial charge in [0.2, 0.25) is 0 Å². The van der Waals surface area contributed by atoms with Crippen LogP contribution in [0.2, 0.25) is 0 Å². The predicted octanol–water partition coefficient (Wildman–Crippen LogP) is 2.87. The third-order valence-corrected chi connectivity index (χ3v) is 2.68. The molecule has 0 saturated carbocycles. The maximum absolute atomic E-state index is 5.58. The lowest BCUT2D eigenvalue weighted by atomic mass is 10.0. The molecule has 88 valence electrons. The number of benzene rings is 1. The minimum absolute atomic E-state index is 0.560. The van der Waals surface area contributed by atoms with E-state index in [4.69, 9.17) is 22.7 Å². The SMILES string of the molecule is CCOc1ccc(CC)cc1CCC(N)=S. The molecule has 0 bridgehead atoms. The molecule has 1 aromatic carbocycles. The van der Waals surface area contributed by atoms with Gasteiger partial charge in [-0.1, -0.05) is 31.3 Å². The van der Waals surface area contributed by atoms with Gasteiger partial charge in [0.15, 0.2) is 0 Å². The first-order chi connectivity index (χ1) is 7.67. The number of aryl methyl sites for hydroxylation is 2. The van der Waals surface area contributed by atoms with Crippen molar-refractivity contribution in [3.05, 3.63) is 29.3 Å². The van der Waals surface area contributed by atoms with Gasteiger partial charge in [-0.25, -0.2) is 0 Å². The van der Waals surface area contributed by atoms with E-state index in [0.29, 0.717) is 11.6 Å². The van der Waals surface area contributed by atoms with Gasteiger partial charge in [0.05, 0.1) is 11.6 Å². The molecule has 1 rings (SSSR count). The van der Waals surface area contributed by atoms with Crippen molar-refractivity contribution >= 4 is 17.2 Å². The Labute approximate surface area is 103 Å². The monoisotopic (exact) mass is 237 g/mol. The zero-order chi connectivity index (χ0) is 12.0. The quantitative estimate of drug-likeness (QED) is 0.773. The molecule has 2 nitrogen and oxygen atoms in total. The standard InChI is InChI=1S/C13H19NOS/c1-3-10-5-7-12(15-4-2)11(9-10)6-8-13(14)16/h5,7,9H,3-4,6,8H2,1-2H3,(H2,14,16). The molecule has 3 heteroatoms. The average Bonchev–Trinajstić information content (AvgIpc) is 2.28. The largest absolute Gasteiger partial charge is 0.494 e. The molecule has 1 aromatic rings. The molecule has 0 fully saturated rings. The van der Waals surface area contributed by atoms with Gasteiger partial charge in [-0.05, 0) is 37.0 Å². The van der Waals surface area contributed by atoms with Crippen molar-refractivity contribution in [3.63, 3.8) is 0 Å². The van der Waals surface area contributed by atoms with Crippen molar-refractivity contribution in [2.24, 2.45) is 5.73 Å². The zero-order valence-corrected chi connectivity index (χ0v) is 10.8. The molecule has 0 radical (unpaired) electrons. The second-order valence-electron chi connectivity index (χ2n) is 3.69. The molecule has 2 N–H and O–H groups in total. The lowest BCUT2D eigenvalue weighted by molar-refractivity contribution is 0.336. The Balaban J connectivity index is 2.86. The summed E-state index contributed by atoms with van der Waals surface area (Å²) in [4.78, 5) is 0.560. The number of ether oxygens (including phenoxy) is 1. The first-order valence-corrected chi connectivity index (χ1v) is 6.11. The van der Waals surface area contributed by atoms with Gasteiger partial charge in [-0.15, -0.1) is 0 Å². The van der Waals surface area contributed by atoms with Crippen LogP contribution in [0, 0.1) is 0 Å². The van der Waals surface area contributed by atoms with Crippen LogP contribution >= 0.6 is 12.2 Å². The number of rotatable bonds is 6. The second-order valence-corrected chi connectivity index (χ2v) is 4.22. The third kappa shape index (κ3) is 3.81. The van der Waals surface area contributed by atoms with Crippen LogP contribution in [0.4, 0.5) is 0 Å². The zero-order valence-electron chi connectivity index (χ0n) is 9.95. The third-order valence-electron chi connectivity index (χ3n) is 2.47. The van der Waals surface area contributed by atoms with Crippen molar-refractivity contribution < 1.29 is 4.74 Å². The first-order valence-electron chi connectivity index (χ1n) is 5.70. The molecule has 0 unspecified atom stereocenters. The minimum atomic E-state index is 0.560. The fraction of sp³-hybridized carbons (Fsp3) is 0.462. The molecule has 0 aliphatic carbocycles. The number of nitrogens with two attached hydrogens (primary N) is 1. The van der Waals surface area contributed by atoms with Gasteiger partial charge in [0.1, 0.15) is 5.75 Å². The number of hydrogen-bond acceptors (Lipinski definition) is 2. The Morgan fingerprint density at radius 1 is 1.38 bits per heavy atom. The topological polar surface area (TPSA) is 35.2 Å². The van der Waals surface area contributed by atoms with Crippen molar-refractivity contribution in [3.8, 4) is 5.75 Å². The Kier molecular flexibility index (Phi) is 5.26. The average molecular weight is 237 g/mol. The van der Waals surface area contributed by atoms with Gasteiger partial charge in [-0.3, -0.25) is 0 Å². The summed E-state index contributed by atoms with van der Waals surface area (Å²) < 4.78 is 5.58. The summed E-state index contributed by atoms with van der Waals surface area (Å²) in [7, 11) is 0. The lowest BCUT2D eigenvalue weighted by Crippen LogP contribution is -2.09. The Morgan fingerprint density at radius 2 is 2.12 bits per heavy atom. The highest BCUT2D eigenvalue weighted by Crippen LogP contribution is 2.22. The van der Waals surface area contributed by atoms with Crippen LogP contribution in [-0.4, -0.2) is 11.6 Å². The summed E-state index contributed by atoms with van der Waals surface area (Å²) in [5.41, 5.74) is 8.05. The van der Waals surface area contributed by atoms with E-state index in [0.717, 1.165) is 25.0 Å². The summed E-state index contributed by atoms with van der Waals surface area (Å²) in [6, 6.07) is 6.33. The highest BCUT2D eigenvalue weighted by molar-refractivity contribution is 7.80. The van der Waals surface area contributed by atoms with E-state index in [1.54, 1.807) is 0 Å². The maximum Gasteiger partial charge on any atom is 0.122 e. The lowest BCUT2D eigenvalue weighted by Gasteiger charge is -2.11. The molecular weight excluding hydrogens is 218 g/mol. The van der Waals surface area contributed by atoms with Gasteiger partial charge < -0.3 is 10.5 Å². The van der Waals surface area contributed by atoms with Gasteiger partial charge >= 0.3 is 0 Å². The van der Waals surface area contributed by atoms with Gasteiger partial charge in [0, 0.05) is 6.42 Å². The number of thiocarbonyl (C=S) groups is 1. The second kappa shape index (κ2) is 6.48. The molecule has 0 aliphatic rings. The van der Waals surface area contributed by atoms with E-state index >= 15 is 0 Å². The van der Waals surface area contributed by atoms with E-state index in [-0.39, 0.29) is 0 Å². The van der Waals surface area contributed by atoms with E-state index < -0.39 is 0 Å². The predicted molar refractivity (Wildman–Crippen MR) is 72.1 cm³/mol. The highest BCUT2D eigenvalue weighted by Gasteiger charge is 2.05. The maximum atomic E-state index is 5.58. The van der Waals surface area contributed by atoms with Crippen LogP contribution in [0.5, 0.6) is 5.75 Å². The molecule has 0 aromatic heterocycles. The van der Waals surface area contributed by atoms with Crippen LogP contribution in [0.15, 0.2) is 18.2 Å². The van der Waals surface area contributed by atoms with Crippen LogP contribution < -0.4 is 10.5 Å². The number of hydrogen-bond donors (Lipinski definition) is 1. The summed E-state index contributed by atoms with van der Waals surface area (Å²) in [5, 5.41) is 0. The summed E-state index contributed by atoms with van der Waals surface area (Å²) >= 11 is 4.90. The molecule has 0 amide bonds. The van der Waals surface area contributed by atoms with Crippen LogP contribution in [0.1, 0.15) is 31.4 Å². The van der Waals surface area contributed by atoms with Crippen LogP contribution in [0.3, 0.4) is 0 Å². The Morgan fingerprint density at radius 3 is 2.69 bits per heavy atom. The van der Waals surface area contributed by atoms with Gasteiger partial charge in [0.25, 0.3) is 0 Å². The molecular formula is C13H19NOS. The van der Waals surface area contributed by atoms with Crippen LogP contribution in [-0.2, 0) is 12.8 Å². The molecule has 0 saturated heterocycles. The Bertz CT molecular complexity index is 363. The van der Waals surface area contributed by atoms with Crippen molar-refractivity contribution in [2.45, 2.75) is 33.1 Å². The van der Waals surface area contributed by atoms with E-state index in [1.165, 1.54) is 11.1 Å². The molecule has 0 heterocycles. The van der Waals surface area contributed by atoms with Crippen molar-refractivity contribution in [1.29, 1.82) is 0 Å². The normalized spacial score (nSPS) is 10.1. The summed E-state index contributed by atoms with van der Waals surface area (Å²) in [6.45, 7) is 4.82. The molecule has 16 heavy (non-hydrogen) atoms. The summed E-state index contributed by atoms with van der Waals surface area (Å²) in [6.07, 6.45) is 2.63. The van der Waals surface area contributed by atoms with Crippen LogP contribution in [0.25, 0.3) is 0 Å². The van der Waals surface area contributed by atoms with E-state index in [9.17, 15) is 0 Å². The smallest absolute Gasteiger partial charge is 0.122 e. The van der Waals surface area contributed by atoms with Gasteiger partial charge in [-0.2, -0.15) is 0 Å². The minimum Gasteiger partial charge on any atom is -0.494 e. The van der Waals surface area contributed by atoms with Crippen molar-refractivity contribution in [1.82, 2.24) is 0 Å². The molecule has 0 aliphatic heterocycles. The van der Waals surface area contributed by atoms with Crippen molar-refractivity contribution in [2.75, 3.05) is 6.61 Å². The molecule has 0 spiro atoms. The fourth-order valence-electron chi connectivity index (χ4n) is 1.60.